The molecule has 8 nitrogen and oxygen atoms in total. The van der Waals surface area contributed by atoms with Gasteiger partial charge in [-0.15, -0.1) is 0 Å². The van der Waals surface area contributed by atoms with Gasteiger partial charge in [-0.05, 0) is 147 Å². The molecule has 0 bridgehead atoms. The van der Waals surface area contributed by atoms with Gasteiger partial charge in [-0.3, -0.25) is 0 Å². The lowest BCUT2D eigenvalue weighted by Crippen LogP contribution is -2.10. The molecule has 0 saturated heterocycles. The predicted molar refractivity (Wildman–Crippen MR) is 296 cm³/mol. The smallest absolute Gasteiger partial charge is 0.308 e. The average Bonchev–Trinajstić information content (AvgIpc) is 4.10. The van der Waals surface area contributed by atoms with Crippen molar-refractivity contribution in [1.29, 1.82) is 31.6 Å². The van der Waals surface area contributed by atoms with Gasteiger partial charge in [0.05, 0.1) is 97.2 Å². The third-order valence-corrected chi connectivity index (χ3v) is 14.4. The molecule has 0 unspecified atom stereocenters. The summed E-state index contributed by atoms with van der Waals surface area (Å²) >= 11 is 0. The van der Waals surface area contributed by atoms with Crippen LogP contribution < -0.4 is 0 Å². The number of halogens is 3. The van der Waals surface area contributed by atoms with Crippen molar-refractivity contribution < 1.29 is 13.2 Å². The van der Waals surface area contributed by atoms with E-state index in [9.17, 15) is 31.6 Å². The molecule has 0 amide bonds. The van der Waals surface area contributed by atoms with E-state index in [0.717, 1.165) is 72.1 Å². The molecule has 12 rings (SSSR count). The van der Waals surface area contributed by atoms with E-state index in [2.05, 4.69) is 30.3 Å². The van der Waals surface area contributed by atoms with Crippen molar-refractivity contribution in [2.45, 2.75) is 6.18 Å². The fraction of sp³-hybridized carbons (Fsp3) is 0.0149. The molecule has 0 spiro atoms. The molecule has 2 aromatic heterocycles. The van der Waals surface area contributed by atoms with E-state index in [1.54, 1.807) is 60.7 Å². The van der Waals surface area contributed by atoms with Crippen LogP contribution in [0.1, 0.15) is 38.9 Å². The predicted octanol–water partition coefficient (Wildman–Crippen LogP) is 16.5. The van der Waals surface area contributed by atoms with Crippen molar-refractivity contribution in [2.24, 2.45) is 0 Å². The van der Waals surface area contributed by atoms with Crippen LogP contribution in [0.2, 0.25) is 0 Å². The van der Waals surface area contributed by atoms with Crippen molar-refractivity contribution in [1.82, 2.24) is 9.13 Å². The Balaban J connectivity index is 1.25. The molecule has 0 N–H and O–H groups in total. The number of nitriles is 6. The number of benzene rings is 10. The highest BCUT2D eigenvalue weighted by molar-refractivity contribution is 6.13. The molecule has 11 heteroatoms. The van der Waals surface area contributed by atoms with Crippen LogP contribution in [-0.4, -0.2) is 9.13 Å². The summed E-state index contributed by atoms with van der Waals surface area (Å²) in [6.45, 7) is 0. The fourth-order valence-corrected chi connectivity index (χ4v) is 10.6. The van der Waals surface area contributed by atoms with Crippen molar-refractivity contribution in [3.05, 3.63) is 239 Å². The minimum Gasteiger partial charge on any atom is -0.308 e. The maximum absolute atomic E-state index is 15.5. The van der Waals surface area contributed by atoms with Gasteiger partial charge in [-0.2, -0.15) is 44.7 Å². The average molecular weight is 1010 g/mol. The van der Waals surface area contributed by atoms with Crippen molar-refractivity contribution in [3.8, 4) is 103 Å². The highest BCUT2D eigenvalue weighted by Gasteiger charge is 2.36. The van der Waals surface area contributed by atoms with Crippen LogP contribution in [0.15, 0.2) is 200 Å². The number of hydrogen-bond acceptors (Lipinski definition) is 6. The van der Waals surface area contributed by atoms with Gasteiger partial charge in [0.2, 0.25) is 0 Å². The molecule has 10 aromatic carbocycles. The third kappa shape index (κ3) is 7.99. The van der Waals surface area contributed by atoms with E-state index in [-0.39, 0.29) is 33.6 Å². The fourth-order valence-electron chi connectivity index (χ4n) is 10.6. The first-order valence-corrected chi connectivity index (χ1v) is 24.4. The molecule has 0 saturated carbocycles. The van der Waals surface area contributed by atoms with E-state index in [0.29, 0.717) is 44.3 Å². The topological polar surface area (TPSA) is 153 Å². The number of aromatic nitrogens is 2. The van der Waals surface area contributed by atoms with E-state index in [1.807, 2.05) is 137 Å². The first-order valence-electron chi connectivity index (χ1n) is 24.4. The van der Waals surface area contributed by atoms with Gasteiger partial charge >= 0.3 is 6.18 Å². The molecule has 362 valence electrons. The van der Waals surface area contributed by atoms with Gasteiger partial charge in [0, 0.05) is 27.1 Å². The number of rotatable bonds is 7. The lowest BCUT2D eigenvalue weighted by molar-refractivity contribution is -0.137. The van der Waals surface area contributed by atoms with Gasteiger partial charge in [0.1, 0.15) is 11.6 Å². The standard InChI is InChI=1S/C67H33F3N8/c68-67(69,70)59-3-1-2-52(38-75)66(59)53-32-64(77-60-28-48(44-12-4-40(34-71)5-13-44)20-24-54(60)55-25-21-49(29-61(55)77)45-14-6-41(35-72)7-15-45)58(39-76)65(33-53)78-62-30-50(46-16-8-42(36-73)9-17-46)22-26-56(62)57-27-23-51(31-63(57)78)47-18-10-43(37-74)11-19-47/h1-33H. The minimum absolute atomic E-state index is 0.0199. The summed E-state index contributed by atoms with van der Waals surface area (Å²) in [5.41, 5.74) is 9.50. The summed E-state index contributed by atoms with van der Waals surface area (Å²) in [6, 6.07) is 71.9. The quantitative estimate of drug-likeness (QED) is 0.155. The second kappa shape index (κ2) is 18.8. The van der Waals surface area contributed by atoms with E-state index in [1.165, 1.54) is 12.1 Å². The molecule has 0 radical (unpaired) electrons. The van der Waals surface area contributed by atoms with Crippen LogP contribution in [0.3, 0.4) is 0 Å². The summed E-state index contributed by atoms with van der Waals surface area (Å²) in [5, 5.41) is 64.3. The second-order valence-corrected chi connectivity index (χ2v) is 18.7. The van der Waals surface area contributed by atoms with Gasteiger partial charge < -0.3 is 9.13 Å². The number of fused-ring (bicyclic) bond motifs is 6. The number of alkyl halides is 3. The van der Waals surface area contributed by atoms with E-state index in [4.69, 9.17) is 0 Å². The zero-order valence-electron chi connectivity index (χ0n) is 40.8. The molecule has 2 heterocycles. The van der Waals surface area contributed by atoms with Gasteiger partial charge in [0.15, 0.2) is 0 Å². The number of hydrogen-bond donors (Lipinski definition) is 0. The number of nitrogens with zero attached hydrogens (tertiary/aromatic N) is 8. The highest BCUT2D eigenvalue weighted by Crippen LogP contribution is 2.46. The Bertz CT molecular complexity index is 4260. The molecule has 0 aliphatic heterocycles. The third-order valence-electron chi connectivity index (χ3n) is 14.4. The summed E-state index contributed by atoms with van der Waals surface area (Å²) in [7, 11) is 0. The minimum atomic E-state index is -4.91. The molecule has 0 atom stereocenters. The molecule has 0 fully saturated rings. The molecule has 0 aliphatic carbocycles. The maximum atomic E-state index is 15.5. The van der Waals surface area contributed by atoms with Crippen LogP contribution in [0.25, 0.3) is 111 Å². The first-order chi connectivity index (χ1) is 38.0. The zero-order valence-corrected chi connectivity index (χ0v) is 40.8. The van der Waals surface area contributed by atoms with Crippen LogP contribution in [0, 0.1) is 68.0 Å². The Morgan fingerprint density at radius 3 is 0.885 bits per heavy atom. The van der Waals surface area contributed by atoms with Crippen LogP contribution in [0.5, 0.6) is 0 Å². The van der Waals surface area contributed by atoms with Crippen LogP contribution in [-0.2, 0) is 6.18 Å². The normalized spacial score (nSPS) is 11.2. The Kier molecular flexibility index (Phi) is 11.4. The lowest BCUT2D eigenvalue weighted by atomic mass is 9.92. The highest BCUT2D eigenvalue weighted by atomic mass is 19.4. The van der Waals surface area contributed by atoms with Gasteiger partial charge in [0.25, 0.3) is 0 Å². The van der Waals surface area contributed by atoms with Gasteiger partial charge in [-0.1, -0.05) is 103 Å². The summed E-state index contributed by atoms with van der Waals surface area (Å²) < 4.78 is 50.4. The van der Waals surface area contributed by atoms with Gasteiger partial charge in [-0.25, -0.2) is 0 Å². The zero-order chi connectivity index (χ0) is 53.8. The summed E-state index contributed by atoms with van der Waals surface area (Å²) in [5.74, 6) is 0. The monoisotopic (exact) mass is 1010 g/mol. The first kappa shape index (κ1) is 47.5. The Labute approximate surface area is 444 Å². The summed E-state index contributed by atoms with van der Waals surface area (Å²) in [6.07, 6.45) is -4.91. The molecular formula is C67H33F3N8. The van der Waals surface area contributed by atoms with Crippen molar-refractivity contribution >= 4 is 43.6 Å². The second-order valence-electron chi connectivity index (χ2n) is 18.7. The Hall–Kier alpha value is -11.5. The summed E-state index contributed by atoms with van der Waals surface area (Å²) in [4.78, 5) is 0. The van der Waals surface area contributed by atoms with E-state index < -0.39 is 11.7 Å². The Morgan fingerprint density at radius 1 is 0.308 bits per heavy atom. The maximum Gasteiger partial charge on any atom is 0.417 e. The SMILES string of the molecule is N#Cc1ccc(-c2ccc3c4ccc(-c5ccc(C#N)cc5)cc4n(-c4cc(-c5c(C#N)cccc5C(F)(F)F)cc(-n5c6cc(-c7ccc(C#N)cc7)ccc6c6ccc(-c7ccc(C#N)cc7)cc65)c4C#N)c3c2)cc1. The molecule has 12 aromatic rings. The molecule has 78 heavy (non-hydrogen) atoms. The largest absolute Gasteiger partial charge is 0.417 e. The molecular weight excluding hydrogens is 974 g/mol. The Morgan fingerprint density at radius 2 is 0.615 bits per heavy atom. The van der Waals surface area contributed by atoms with Crippen molar-refractivity contribution in [2.75, 3.05) is 0 Å². The lowest BCUT2D eigenvalue weighted by Gasteiger charge is -2.21. The van der Waals surface area contributed by atoms with E-state index >= 15 is 13.2 Å². The molecule has 0 aliphatic rings. The van der Waals surface area contributed by atoms with Crippen molar-refractivity contribution in [3.63, 3.8) is 0 Å². The van der Waals surface area contributed by atoms with Crippen LogP contribution >= 0.6 is 0 Å². The van der Waals surface area contributed by atoms with Crippen LogP contribution in [0.4, 0.5) is 13.2 Å².